The molecule has 58 heavy (non-hydrogen) atoms. The molecule has 346 valence electrons. The van der Waals surface area contributed by atoms with Crippen molar-refractivity contribution in [3.8, 4) is 0 Å². The van der Waals surface area contributed by atoms with E-state index in [0.717, 1.165) is 35.9 Å². The molecule has 0 rings (SSSR count). The highest BCUT2D eigenvalue weighted by Crippen LogP contribution is 2.55. The molecule has 0 saturated carbocycles. The summed E-state index contributed by atoms with van der Waals surface area (Å²) in [5.74, 6) is 3.37. The quantitative estimate of drug-likeness (QED) is 0.0491. The minimum Gasteiger partial charge on any atom is -0.330 e. The molecule has 0 aliphatic carbocycles. The van der Waals surface area contributed by atoms with Gasteiger partial charge in [0, 0.05) is 93.7 Å². The summed E-state index contributed by atoms with van der Waals surface area (Å²) >= 11 is 6.75. The molecular formula is C44H92N4O4P2S4. The van der Waals surface area contributed by atoms with Crippen LogP contribution in [0.5, 0.6) is 0 Å². The van der Waals surface area contributed by atoms with Crippen molar-refractivity contribution in [2.45, 2.75) is 241 Å². The molecule has 0 aromatic heterocycles. The molecule has 0 aliphatic heterocycles. The van der Waals surface area contributed by atoms with Crippen molar-refractivity contribution >= 4 is 74.2 Å². The summed E-state index contributed by atoms with van der Waals surface area (Å²) in [7, 11) is -2.12. The first kappa shape index (κ1) is 59.4. The molecule has 0 aromatic carbocycles. The topological polar surface area (TPSA) is 65.6 Å². The monoisotopic (exact) mass is 931 g/mol. The average molecular weight is 931 g/mol. The molecule has 0 heterocycles. The summed E-state index contributed by atoms with van der Waals surface area (Å²) in [5.41, 5.74) is -0.368. The van der Waals surface area contributed by atoms with Gasteiger partial charge in [0.15, 0.2) is 27.1 Å². The lowest BCUT2D eigenvalue weighted by molar-refractivity contribution is -0.111. The lowest BCUT2D eigenvalue weighted by Crippen LogP contribution is -2.47. The van der Waals surface area contributed by atoms with Crippen LogP contribution >= 0.6 is 63.9 Å². The molecule has 0 spiro atoms. The van der Waals surface area contributed by atoms with Crippen LogP contribution in [0.25, 0.3) is 0 Å². The van der Waals surface area contributed by atoms with E-state index in [1.807, 2.05) is 37.4 Å². The third kappa shape index (κ3) is 22.3. The summed E-state index contributed by atoms with van der Waals surface area (Å²) < 4.78 is 25.0. The van der Waals surface area contributed by atoms with Crippen LogP contribution in [-0.2, 0) is 18.6 Å². The fourth-order valence-electron chi connectivity index (χ4n) is 6.80. The largest absolute Gasteiger partial charge is 0.330 e. The number of rotatable bonds is 31. The molecule has 0 bridgehead atoms. The number of nitrogens with zero attached hydrogens (tertiary/aromatic N) is 4. The van der Waals surface area contributed by atoms with Gasteiger partial charge in [-0.3, -0.25) is 9.59 Å². The van der Waals surface area contributed by atoms with Crippen molar-refractivity contribution in [2.75, 3.05) is 29.6 Å². The van der Waals surface area contributed by atoms with Gasteiger partial charge in [0.25, 0.3) is 0 Å². The van der Waals surface area contributed by atoms with Gasteiger partial charge in [0.2, 0.25) is 0 Å². The van der Waals surface area contributed by atoms with E-state index in [2.05, 4.69) is 157 Å². The van der Waals surface area contributed by atoms with Crippen molar-refractivity contribution < 1.29 is 18.6 Å². The van der Waals surface area contributed by atoms with E-state index in [4.69, 9.17) is 9.05 Å². The second-order valence-electron chi connectivity index (χ2n) is 19.2. The fraction of sp³-hybridized carbons (Fsp3) is 0.955. The van der Waals surface area contributed by atoms with E-state index >= 15 is 0 Å². The Bertz CT molecular complexity index is 1150. The molecule has 0 fully saturated rings. The van der Waals surface area contributed by atoms with Gasteiger partial charge in [-0.15, -0.1) is 0 Å². The molecule has 0 aromatic rings. The maximum absolute atomic E-state index is 12.1. The summed E-state index contributed by atoms with van der Waals surface area (Å²) in [6.45, 7) is 50.6. The maximum Gasteiger partial charge on any atom is 0.189 e. The van der Waals surface area contributed by atoms with E-state index in [1.165, 1.54) is 23.5 Å². The molecular weight excluding hydrogens is 839 g/mol. The fourth-order valence-corrected chi connectivity index (χ4v) is 15.9. The van der Waals surface area contributed by atoms with E-state index in [9.17, 15) is 9.59 Å². The number of hydrogen-bond donors (Lipinski definition) is 0. The minimum atomic E-state index is -1.10. The Morgan fingerprint density at radius 1 is 0.517 bits per heavy atom. The van der Waals surface area contributed by atoms with Gasteiger partial charge in [-0.2, -0.15) is 23.5 Å². The summed E-state index contributed by atoms with van der Waals surface area (Å²) in [6, 6.07) is 2.57. The zero-order valence-electron chi connectivity index (χ0n) is 41.4. The molecule has 0 amide bonds. The minimum absolute atomic E-state index is 0.00434. The number of carbonyl (C=O) groups excluding carboxylic acids is 2. The first-order valence-electron chi connectivity index (χ1n) is 22.2. The van der Waals surface area contributed by atoms with Crippen LogP contribution in [0.2, 0.25) is 0 Å². The Labute approximate surface area is 380 Å². The van der Waals surface area contributed by atoms with E-state index < -0.39 is 16.9 Å². The van der Waals surface area contributed by atoms with Crippen LogP contribution in [0.4, 0.5) is 0 Å². The summed E-state index contributed by atoms with van der Waals surface area (Å²) in [5, 5.41) is 0.527. The molecule has 0 radical (unpaired) electrons. The zero-order chi connectivity index (χ0) is 45.3. The molecule has 0 saturated heterocycles. The highest BCUT2D eigenvalue weighted by atomic mass is 32.2. The highest BCUT2D eigenvalue weighted by Gasteiger charge is 2.41. The molecule has 4 unspecified atom stereocenters. The van der Waals surface area contributed by atoms with Crippen LogP contribution in [0.1, 0.15) is 178 Å². The number of hydrogen-bond acceptors (Lipinski definition) is 12. The van der Waals surface area contributed by atoms with Gasteiger partial charge in [-0.1, -0.05) is 37.4 Å². The van der Waals surface area contributed by atoms with Gasteiger partial charge >= 0.3 is 0 Å². The normalized spacial score (nSPS) is 15.8. The van der Waals surface area contributed by atoms with Gasteiger partial charge in [0.1, 0.15) is 0 Å². The van der Waals surface area contributed by atoms with E-state index in [-0.39, 0.29) is 25.3 Å². The maximum atomic E-state index is 12.1. The van der Waals surface area contributed by atoms with Gasteiger partial charge in [-0.05, 0) is 151 Å². The third-order valence-electron chi connectivity index (χ3n) is 9.53. The predicted molar refractivity (Wildman–Crippen MR) is 270 cm³/mol. The van der Waals surface area contributed by atoms with Gasteiger partial charge in [-0.25, -0.2) is 18.7 Å². The van der Waals surface area contributed by atoms with Crippen molar-refractivity contribution in [3.05, 3.63) is 0 Å². The Morgan fingerprint density at radius 3 is 1.22 bits per heavy atom. The van der Waals surface area contributed by atoms with Crippen LogP contribution in [0.3, 0.4) is 0 Å². The molecule has 14 heteroatoms. The van der Waals surface area contributed by atoms with Crippen molar-refractivity contribution in [1.82, 2.24) is 18.7 Å². The summed E-state index contributed by atoms with van der Waals surface area (Å²) in [6.07, 6.45) is 3.26. The lowest BCUT2D eigenvalue weighted by Gasteiger charge is -2.49. The SMILES string of the molecule is CCC(=O)SCC(C)(C)SCCOP(N(C(C)C)C(C)C)N(C(C)C)C(C)CCC(C)N(C(C)C)P(OC(C)(C)CSC(C)(C)CSC(=O)CC)N(C(C)C)C(C)C. The Morgan fingerprint density at radius 2 is 0.862 bits per heavy atom. The Kier molecular flexibility index (Phi) is 29.0. The molecule has 0 aliphatic rings. The smallest absolute Gasteiger partial charge is 0.189 e. The van der Waals surface area contributed by atoms with Crippen molar-refractivity contribution in [2.24, 2.45) is 0 Å². The third-order valence-corrected chi connectivity index (χ3v) is 22.1. The molecule has 8 nitrogen and oxygen atoms in total. The second-order valence-corrected chi connectivity index (χ2v) is 28.1. The predicted octanol–water partition coefficient (Wildman–Crippen LogP) is 13.8. The highest BCUT2D eigenvalue weighted by molar-refractivity contribution is 8.14. The molecule has 4 atom stereocenters. The van der Waals surface area contributed by atoms with E-state index in [1.54, 1.807) is 0 Å². The van der Waals surface area contributed by atoms with E-state index in [0.29, 0.717) is 67.8 Å². The standard InChI is InChI=1S/C44H92N4O4P2S4/c1-23-40(49)55-30-43(19,20)57-28-27-51-53(45(32(3)4)33(5)6)47(36(11)12)38(15)25-26-39(16)48(37(13)14)54(46(34(7)8)35(9)10)52-42(17,18)29-58-44(21,22)31-56-41(50)24-2/h32-39H,23-31H2,1-22H3. The number of carbonyl (C=O) groups is 2. The van der Waals surface area contributed by atoms with Crippen LogP contribution in [0.15, 0.2) is 0 Å². The van der Waals surface area contributed by atoms with Crippen LogP contribution < -0.4 is 0 Å². The van der Waals surface area contributed by atoms with Crippen molar-refractivity contribution in [1.29, 1.82) is 0 Å². The summed E-state index contributed by atoms with van der Waals surface area (Å²) in [4.78, 5) is 24.1. The zero-order valence-corrected chi connectivity index (χ0v) is 46.5. The average Bonchev–Trinajstić information content (AvgIpc) is 3.08. The Balaban J connectivity index is 6.43. The van der Waals surface area contributed by atoms with Gasteiger partial charge < -0.3 is 9.05 Å². The molecule has 0 N–H and O–H groups in total. The second kappa shape index (κ2) is 28.3. The van der Waals surface area contributed by atoms with Crippen LogP contribution in [0, 0.1) is 0 Å². The van der Waals surface area contributed by atoms with Crippen molar-refractivity contribution in [3.63, 3.8) is 0 Å². The lowest BCUT2D eigenvalue weighted by atomic mass is 10.1. The Hall–Kier alpha value is 1.36. The van der Waals surface area contributed by atoms with Crippen LogP contribution in [-0.4, -0.2) is 122 Å². The van der Waals surface area contributed by atoms with Gasteiger partial charge in [0.05, 0.1) is 12.2 Å². The number of thioether (sulfide) groups is 4. The first-order chi connectivity index (χ1) is 26.5. The first-order valence-corrected chi connectivity index (χ1v) is 28.5.